The van der Waals surface area contributed by atoms with Gasteiger partial charge in [-0.2, -0.15) is 13.2 Å². The van der Waals surface area contributed by atoms with Gasteiger partial charge in [-0.1, -0.05) is 0 Å². The Morgan fingerprint density at radius 3 is 1.83 bits per heavy atom. The van der Waals surface area contributed by atoms with Crippen LogP contribution in [-0.4, -0.2) is 45.9 Å². The van der Waals surface area contributed by atoms with Gasteiger partial charge in [0, 0.05) is 6.26 Å². The summed E-state index contributed by atoms with van der Waals surface area (Å²) in [6.07, 6.45) is -4.40. The molecule has 1 amide bonds. The van der Waals surface area contributed by atoms with E-state index in [0.29, 0.717) is 6.07 Å². The molecule has 1 atom stereocenters. The van der Waals surface area contributed by atoms with Crippen molar-refractivity contribution >= 4 is 31.3 Å². The molecular formula is C17H15F4NO6S2. The number of hydrogen-bond acceptors (Lipinski definition) is 6. The van der Waals surface area contributed by atoms with E-state index >= 15 is 0 Å². The molecule has 30 heavy (non-hydrogen) atoms. The predicted octanol–water partition coefficient (Wildman–Crippen LogP) is 2.31. The highest BCUT2D eigenvalue weighted by molar-refractivity contribution is 7.91. The van der Waals surface area contributed by atoms with Crippen LogP contribution >= 0.6 is 0 Å². The summed E-state index contributed by atoms with van der Waals surface area (Å²) in [5, 5.41) is 10.8. The largest absolute Gasteiger partial charge is 0.426 e. The Kier molecular flexibility index (Phi) is 6.05. The van der Waals surface area contributed by atoms with Crippen molar-refractivity contribution in [2.75, 3.05) is 11.6 Å². The monoisotopic (exact) mass is 469 g/mol. The highest BCUT2D eigenvalue weighted by Gasteiger charge is 2.55. The number of amides is 1. The Labute approximate surface area is 169 Å². The molecule has 0 spiro atoms. The van der Waals surface area contributed by atoms with Crippen molar-refractivity contribution in [3.63, 3.8) is 0 Å². The Hall–Kier alpha value is -2.51. The number of halogens is 4. The van der Waals surface area contributed by atoms with Gasteiger partial charge in [0.25, 0.3) is 5.91 Å². The van der Waals surface area contributed by atoms with Crippen LogP contribution < -0.4 is 5.32 Å². The van der Waals surface area contributed by atoms with E-state index in [1.807, 2.05) is 0 Å². The summed E-state index contributed by atoms with van der Waals surface area (Å²) in [5.74, 6) is -3.32. The Morgan fingerprint density at radius 2 is 1.40 bits per heavy atom. The molecule has 7 nitrogen and oxygen atoms in total. The number of hydrogen-bond donors (Lipinski definition) is 2. The SMILES string of the molecule is C[C@@](O)(C(=O)Nc1ccc(S(=O)(=O)c2ccc(S(C)(=O)=O)cc2)cc1F)C(F)(F)F. The summed E-state index contributed by atoms with van der Waals surface area (Å²) >= 11 is 0. The van der Waals surface area contributed by atoms with Gasteiger partial charge in [-0.05, 0) is 49.4 Å². The summed E-state index contributed by atoms with van der Waals surface area (Å²) in [5.41, 5.74) is -4.58. The number of carbonyl (C=O) groups excluding carboxylic acids is 1. The van der Waals surface area contributed by atoms with Gasteiger partial charge in [-0.25, -0.2) is 21.2 Å². The van der Waals surface area contributed by atoms with Gasteiger partial charge in [0.15, 0.2) is 9.84 Å². The molecule has 0 fully saturated rings. The first-order valence-electron chi connectivity index (χ1n) is 7.93. The number of alkyl halides is 3. The molecule has 2 rings (SSSR count). The first-order valence-corrected chi connectivity index (χ1v) is 11.3. The molecule has 13 heteroatoms. The second-order valence-corrected chi connectivity index (χ2v) is 10.4. The van der Waals surface area contributed by atoms with Crippen LogP contribution in [0.15, 0.2) is 57.2 Å². The molecule has 0 saturated heterocycles. The van der Waals surface area contributed by atoms with Crippen LogP contribution in [0.2, 0.25) is 0 Å². The van der Waals surface area contributed by atoms with Gasteiger partial charge in [0.1, 0.15) is 5.82 Å². The molecule has 0 aromatic heterocycles. The molecule has 0 saturated carbocycles. The van der Waals surface area contributed by atoms with Crippen LogP contribution in [0, 0.1) is 5.82 Å². The fraction of sp³-hybridized carbons (Fsp3) is 0.235. The molecule has 2 aromatic carbocycles. The third-order valence-corrected chi connectivity index (χ3v) is 6.95. The number of aliphatic hydroxyl groups is 1. The quantitative estimate of drug-likeness (QED) is 0.649. The molecule has 0 radical (unpaired) electrons. The van der Waals surface area contributed by atoms with E-state index in [1.54, 1.807) is 5.32 Å². The summed E-state index contributed by atoms with van der Waals surface area (Å²) in [6.45, 7) is 0.180. The third-order valence-electron chi connectivity index (χ3n) is 4.06. The van der Waals surface area contributed by atoms with Gasteiger partial charge >= 0.3 is 6.18 Å². The number of benzene rings is 2. The minimum Gasteiger partial charge on any atom is -0.373 e. The van der Waals surface area contributed by atoms with E-state index in [9.17, 15) is 44.3 Å². The summed E-state index contributed by atoms with van der Waals surface area (Å²) in [4.78, 5) is 10.6. The molecule has 2 aromatic rings. The molecule has 0 aliphatic rings. The molecule has 0 aliphatic heterocycles. The molecule has 0 unspecified atom stereocenters. The molecule has 0 heterocycles. The van der Waals surface area contributed by atoms with Crippen molar-refractivity contribution in [2.45, 2.75) is 33.4 Å². The lowest BCUT2D eigenvalue weighted by Gasteiger charge is -2.25. The van der Waals surface area contributed by atoms with Crippen molar-refractivity contribution in [2.24, 2.45) is 0 Å². The maximum absolute atomic E-state index is 14.2. The van der Waals surface area contributed by atoms with E-state index in [0.717, 1.165) is 42.7 Å². The second kappa shape index (κ2) is 7.63. The average molecular weight is 469 g/mol. The number of sulfone groups is 2. The maximum atomic E-state index is 14.2. The van der Waals surface area contributed by atoms with Crippen molar-refractivity contribution in [3.05, 3.63) is 48.3 Å². The highest BCUT2D eigenvalue weighted by atomic mass is 32.2. The normalized spacial score (nSPS) is 14.8. The first-order chi connectivity index (χ1) is 13.5. The van der Waals surface area contributed by atoms with Crippen molar-refractivity contribution in [1.29, 1.82) is 0 Å². The third kappa shape index (κ3) is 4.63. The summed E-state index contributed by atoms with van der Waals surface area (Å²) < 4.78 is 100. The molecule has 0 aliphatic carbocycles. The zero-order valence-corrected chi connectivity index (χ0v) is 17.0. The van der Waals surface area contributed by atoms with E-state index < -0.39 is 53.8 Å². The van der Waals surface area contributed by atoms with E-state index in [-0.39, 0.29) is 16.7 Å². The number of carbonyl (C=O) groups is 1. The lowest BCUT2D eigenvalue weighted by atomic mass is 10.1. The Morgan fingerprint density at radius 1 is 0.933 bits per heavy atom. The number of anilines is 1. The highest BCUT2D eigenvalue weighted by Crippen LogP contribution is 2.32. The minimum atomic E-state index is -5.32. The van der Waals surface area contributed by atoms with E-state index in [4.69, 9.17) is 0 Å². The zero-order chi connectivity index (χ0) is 23.1. The second-order valence-electron chi connectivity index (χ2n) is 6.41. The standard InChI is InChI=1S/C17H15F4NO6S2/c1-16(24,17(19,20)21)15(23)22-14-8-7-12(9-13(14)18)30(27,28)11-5-3-10(4-6-11)29(2,25)26/h3-9,24H,1-2H3,(H,22,23)/t16-/m1/s1. The molecule has 164 valence electrons. The van der Waals surface area contributed by atoms with Gasteiger partial charge < -0.3 is 10.4 Å². The van der Waals surface area contributed by atoms with Crippen molar-refractivity contribution in [3.8, 4) is 0 Å². The van der Waals surface area contributed by atoms with Crippen molar-refractivity contribution < 1.29 is 44.3 Å². The fourth-order valence-electron chi connectivity index (χ4n) is 2.14. The van der Waals surface area contributed by atoms with Crippen LogP contribution in [-0.2, 0) is 24.5 Å². The van der Waals surface area contributed by atoms with E-state index in [1.165, 1.54) is 0 Å². The maximum Gasteiger partial charge on any atom is 0.426 e. The van der Waals surface area contributed by atoms with Gasteiger partial charge in [-0.3, -0.25) is 4.79 Å². The minimum absolute atomic E-state index is 0.137. The topological polar surface area (TPSA) is 118 Å². The van der Waals surface area contributed by atoms with Gasteiger partial charge in [0.05, 0.1) is 20.4 Å². The Balaban J connectivity index is 2.35. The zero-order valence-electron chi connectivity index (χ0n) is 15.4. The van der Waals surface area contributed by atoms with Gasteiger partial charge in [-0.15, -0.1) is 0 Å². The van der Waals surface area contributed by atoms with Crippen LogP contribution in [0.5, 0.6) is 0 Å². The van der Waals surface area contributed by atoms with Crippen molar-refractivity contribution in [1.82, 2.24) is 0 Å². The van der Waals surface area contributed by atoms with Gasteiger partial charge in [0.2, 0.25) is 15.4 Å². The van der Waals surface area contributed by atoms with Crippen LogP contribution in [0.25, 0.3) is 0 Å². The predicted molar refractivity (Wildman–Crippen MR) is 96.7 cm³/mol. The lowest BCUT2D eigenvalue weighted by Crippen LogP contribution is -2.52. The van der Waals surface area contributed by atoms with E-state index in [2.05, 4.69) is 0 Å². The first kappa shape index (κ1) is 23.8. The number of nitrogens with one attached hydrogen (secondary N) is 1. The summed E-state index contributed by atoms with van der Waals surface area (Å²) in [6, 6.07) is 6.12. The lowest BCUT2D eigenvalue weighted by molar-refractivity contribution is -0.242. The van der Waals surface area contributed by atoms with Crippen LogP contribution in [0.4, 0.5) is 23.2 Å². The average Bonchev–Trinajstić information content (AvgIpc) is 2.61. The fourth-order valence-corrected chi connectivity index (χ4v) is 4.04. The number of rotatable bonds is 5. The molecule has 0 bridgehead atoms. The molecule has 2 N–H and O–H groups in total. The Bertz CT molecular complexity index is 1190. The molecular weight excluding hydrogens is 454 g/mol. The summed E-state index contributed by atoms with van der Waals surface area (Å²) in [7, 11) is -7.87. The van der Waals surface area contributed by atoms with Crippen LogP contribution in [0.3, 0.4) is 0 Å². The smallest absolute Gasteiger partial charge is 0.373 e. The van der Waals surface area contributed by atoms with Crippen LogP contribution in [0.1, 0.15) is 6.92 Å².